The van der Waals surface area contributed by atoms with Crippen LogP contribution in [0.3, 0.4) is 0 Å². The van der Waals surface area contributed by atoms with Gasteiger partial charge in [-0.3, -0.25) is 0 Å². The average Bonchev–Trinajstić information content (AvgIpc) is 2.75. The Morgan fingerprint density at radius 1 is 1.33 bits per heavy atom. The Hall–Kier alpha value is -0.530. The molecule has 0 saturated carbocycles. The molecule has 1 heterocycles. The van der Waals surface area contributed by atoms with E-state index in [0.29, 0.717) is 5.01 Å². The van der Waals surface area contributed by atoms with Gasteiger partial charge in [-0.05, 0) is 32.9 Å². The highest BCUT2D eigenvalue weighted by atomic mass is 32.2. The highest BCUT2D eigenvalue weighted by Gasteiger charge is 2.21. The lowest BCUT2D eigenvalue weighted by Gasteiger charge is -2.03. The van der Waals surface area contributed by atoms with Crippen LogP contribution < -0.4 is 5.32 Å². The lowest BCUT2D eigenvalue weighted by Crippen LogP contribution is -2.16. The highest BCUT2D eigenvalue weighted by Crippen LogP contribution is 2.24. The Bertz CT molecular complexity index is 457. The summed E-state index contributed by atoms with van der Waals surface area (Å²) in [6.07, 6.45) is 4.22. The minimum Gasteiger partial charge on any atom is -0.317 e. The van der Waals surface area contributed by atoms with Gasteiger partial charge in [0.25, 0.3) is 0 Å². The number of nitrogens with zero attached hydrogens (tertiary/aromatic N) is 2. The molecule has 0 radical (unpaired) electrons. The van der Waals surface area contributed by atoms with E-state index in [2.05, 4.69) is 22.4 Å². The molecule has 7 heteroatoms. The van der Waals surface area contributed by atoms with Crippen molar-refractivity contribution < 1.29 is 8.42 Å². The molecule has 0 aliphatic heterocycles. The zero-order valence-corrected chi connectivity index (χ0v) is 12.8. The molecule has 1 N–H and O–H groups in total. The maximum Gasteiger partial charge on any atom is 0.156 e. The largest absolute Gasteiger partial charge is 0.317 e. The number of aryl methyl sites for hydroxylation is 1. The van der Waals surface area contributed by atoms with Crippen LogP contribution in [0.1, 0.15) is 42.0 Å². The Morgan fingerprint density at radius 2 is 2.06 bits per heavy atom. The number of hydrogen-bond donors (Lipinski definition) is 1. The molecule has 1 unspecified atom stereocenters. The predicted octanol–water partition coefficient (Wildman–Crippen LogP) is 1.58. The summed E-state index contributed by atoms with van der Waals surface area (Å²) < 4.78 is 22.8. The number of nitrogens with one attached hydrogen (secondary N) is 1. The van der Waals surface area contributed by atoms with E-state index in [1.54, 1.807) is 6.92 Å². The zero-order chi connectivity index (χ0) is 13.6. The van der Waals surface area contributed by atoms with Crippen molar-refractivity contribution in [1.82, 2.24) is 15.5 Å². The van der Waals surface area contributed by atoms with E-state index >= 15 is 0 Å². The van der Waals surface area contributed by atoms with Gasteiger partial charge in [0, 0.05) is 12.7 Å². The van der Waals surface area contributed by atoms with Gasteiger partial charge in [0.2, 0.25) is 0 Å². The van der Waals surface area contributed by atoms with Crippen LogP contribution in [0, 0.1) is 0 Å². The highest BCUT2D eigenvalue weighted by molar-refractivity contribution is 7.91. The Labute approximate surface area is 113 Å². The quantitative estimate of drug-likeness (QED) is 0.736. The first-order valence-electron chi connectivity index (χ1n) is 6.17. The molecule has 0 spiro atoms. The monoisotopic (exact) mass is 291 g/mol. The molecule has 0 bridgehead atoms. The van der Waals surface area contributed by atoms with Crippen LogP contribution in [0.15, 0.2) is 0 Å². The molecule has 1 aromatic rings. The van der Waals surface area contributed by atoms with Crippen molar-refractivity contribution in [3.8, 4) is 0 Å². The fourth-order valence-electron chi connectivity index (χ4n) is 1.38. The molecule has 0 aliphatic rings. The van der Waals surface area contributed by atoms with Gasteiger partial charge in [-0.2, -0.15) is 0 Å². The van der Waals surface area contributed by atoms with Crippen molar-refractivity contribution in [2.75, 3.05) is 19.3 Å². The van der Waals surface area contributed by atoms with Gasteiger partial charge in [-0.25, -0.2) is 8.42 Å². The third-order valence-corrected chi connectivity index (χ3v) is 5.47. The SMILES string of the molecule is CCCNCCCc1nnc(C(C)S(C)(=O)=O)s1. The summed E-state index contributed by atoms with van der Waals surface area (Å²) in [5.74, 6) is 0. The van der Waals surface area contributed by atoms with Crippen LogP contribution >= 0.6 is 11.3 Å². The molecule has 0 fully saturated rings. The van der Waals surface area contributed by atoms with Crippen LogP contribution in [0.25, 0.3) is 0 Å². The summed E-state index contributed by atoms with van der Waals surface area (Å²) >= 11 is 1.40. The number of rotatable bonds is 8. The Kier molecular flexibility index (Phi) is 6.17. The Balaban J connectivity index is 2.44. The number of sulfone groups is 1. The molecule has 104 valence electrons. The first-order valence-corrected chi connectivity index (χ1v) is 8.94. The summed E-state index contributed by atoms with van der Waals surface area (Å²) in [7, 11) is -3.08. The molecule has 0 aromatic carbocycles. The minimum absolute atomic E-state index is 0.554. The lowest BCUT2D eigenvalue weighted by atomic mass is 10.3. The van der Waals surface area contributed by atoms with Gasteiger partial charge < -0.3 is 5.32 Å². The van der Waals surface area contributed by atoms with E-state index in [1.807, 2.05) is 0 Å². The van der Waals surface area contributed by atoms with E-state index < -0.39 is 15.1 Å². The first-order chi connectivity index (χ1) is 8.45. The third-order valence-electron chi connectivity index (χ3n) is 2.64. The molecule has 1 rings (SSSR count). The predicted molar refractivity (Wildman–Crippen MR) is 74.6 cm³/mol. The molecule has 5 nitrogen and oxygen atoms in total. The summed E-state index contributed by atoms with van der Waals surface area (Å²) in [4.78, 5) is 0. The topological polar surface area (TPSA) is 72.0 Å². The van der Waals surface area contributed by atoms with Crippen molar-refractivity contribution in [3.05, 3.63) is 10.0 Å². The summed E-state index contributed by atoms with van der Waals surface area (Å²) in [6.45, 7) is 5.79. The van der Waals surface area contributed by atoms with Gasteiger partial charge in [-0.1, -0.05) is 6.92 Å². The second-order valence-electron chi connectivity index (χ2n) is 4.36. The molecular formula is C11H21N3O2S2. The molecule has 0 aliphatic carbocycles. The zero-order valence-electron chi connectivity index (χ0n) is 11.1. The van der Waals surface area contributed by atoms with Crippen LogP contribution in [0.5, 0.6) is 0 Å². The van der Waals surface area contributed by atoms with Gasteiger partial charge >= 0.3 is 0 Å². The minimum atomic E-state index is -3.08. The molecular weight excluding hydrogens is 270 g/mol. The lowest BCUT2D eigenvalue weighted by molar-refractivity contribution is 0.591. The van der Waals surface area contributed by atoms with E-state index in [1.165, 1.54) is 17.6 Å². The van der Waals surface area contributed by atoms with Crippen molar-refractivity contribution in [1.29, 1.82) is 0 Å². The summed E-state index contributed by atoms with van der Waals surface area (Å²) in [5.41, 5.74) is 0. The van der Waals surface area contributed by atoms with Crippen molar-refractivity contribution in [3.63, 3.8) is 0 Å². The molecule has 1 atom stereocenters. The average molecular weight is 291 g/mol. The normalized spacial score (nSPS) is 13.7. The third kappa shape index (κ3) is 4.99. The van der Waals surface area contributed by atoms with E-state index in [-0.39, 0.29) is 0 Å². The van der Waals surface area contributed by atoms with E-state index in [4.69, 9.17) is 0 Å². The van der Waals surface area contributed by atoms with Crippen molar-refractivity contribution in [2.24, 2.45) is 0 Å². The smallest absolute Gasteiger partial charge is 0.156 e. The fourth-order valence-corrected chi connectivity index (χ4v) is 3.28. The summed E-state index contributed by atoms with van der Waals surface area (Å²) in [5, 5.41) is 12.3. The molecule has 1 aromatic heterocycles. The first kappa shape index (κ1) is 15.5. The van der Waals surface area contributed by atoms with Gasteiger partial charge in [0.1, 0.15) is 15.3 Å². The fraction of sp³-hybridized carbons (Fsp3) is 0.818. The maximum atomic E-state index is 11.4. The molecule has 0 amide bonds. The van der Waals surface area contributed by atoms with E-state index in [9.17, 15) is 8.42 Å². The maximum absolute atomic E-state index is 11.4. The number of hydrogen-bond acceptors (Lipinski definition) is 6. The standard InChI is InChI=1S/C11H21N3O2S2/c1-4-7-12-8-5-6-10-13-14-11(17-10)9(2)18(3,15)16/h9,12H,4-8H2,1-3H3. The van der Waals surface area contributed by atoms with Crippen LogP contribution in [0.4, 0.5) is 0 Å². The van der Waals surface area contributed by atoms with Crippen LogP contribution in [0.2, 0.25) is 0 Å². The van der Waals surface area contributed by atoms with Crippen LogP contribution in [-0.4, -0.2) is 38.0 Å². The second kappa shape index (κ2) is 7.16. The van der Waals surface area contributed by atoms with Gasteiger partial charge in [-0.15, -0.1) is 21.5 Å². The second-order valence-corrected chi connectivity index (χ2v) is 7.82. The van der Waals surface area contributed by atoms with Crippen molar-refractivity contribution in [2.45, 2.75) is 38.4 Å². The Morgan fingerprint density at radius 3 is 2.67 bits per heavy atom. The van der Waals surface area contributed by atoms with Crippen molar-refractivity contribution >= 4 is 21.2 Å². The summed E-state index contributed by atoms with van der Waals surface area (Å²) in [6, 6.07) is 0. The molecule has 18 heavy (non-hydrogen) atoms. The van der Waals surface area contributed by atoms with Gasteiger partial charge in [0.05, 0.1) is 0 Å². The van der Waals surface area contributed by atoms with E-state index in [0.717, 1.165) is 37.4 Å². The number of aromatic nitrogens is 2. The van der Waals surface area contributed by atoms with Gasteiger partial charge in [0.15, 0.2) is 9.84 Å². The molecule has 0 saturated heterocycles. The van der Waals surface area contributed by atoms with Crippen LogP contribution in [-0.2, 0) is 16.3 Å².